The molecule has 4 rings (SSSR count). The average molecular weight is 324 g/mol. The van der Waals surface area contributed by atoms with Gasteiger partial charge in [-0.1, -0.05) is 42.5 Å². The number of likely N-dealkylation sites (tertiary alicyclic amines) is 1. The summed E-state index contributed by atoms with van der Waals surface area (Å²) < 4.78 is 13.9. The zero-order chi connectivity index (χ0) is 16.6. The third-order valence-electron chi connectivity index (χ3n) is 5.35. The van der Waals surface area contributed by atoms with E-state index >= 15 is 0 Å². The molecule has 0 saturated carbocycles. The first-order chi connectivity index (χ1) is 11.7. The fraction of sp³-hybridized carbons (Fsp3) is 0.350. The Balaban J connectivity index is 1.56. The third kappa shape index (κ3) is 2.71. The summed E-state index contributed by atoms with van der Waals surface area (Å²) in [6.45, 7) is 2.67. The SMILES string of the molecule is O=C1NCc2ccccc2CC12CCN(Cc1ccccc1F)C2. The van der Waals surface area contributed by atoms with Crippen LogP contribution < -0.4 is 5.32 Å². The number of amides is 1. The molecule has 1 atom stereocenters. The van der Waals surface area contributed by atoms with Crippen LogP contribution in [-0.2, 0) is 24.3 Å². The van der Waals surface area contributed by atoms with Gasteiger partial charge in [0.2, 0.25) is 5.91 Å². The summed E-state index contributed by atoms with van der Waals surface area (Å²) in [5, 5.41) is 3.09. The van der Waals surface area contributed by atoms with Crippen molar-refractivity contribution in [3.05, 3.63) is 71.0 Å². The minimum atomic E-state index is -0.391. The van der Waals surface area contributed by atoms with E-state index in [1.165, 1.54) is 17.2 Å². The summed E-state index contributed by atoms with van der Waals surface area (Å²) in [6, 6.07) is 15.1. The number of hydrogen-bond acceptors (Lipinski definition) is 2. The van der Waals surface area contributed by atoms with Gasteiger partial charge in [-0.15, -0.1) is 0 Å². The molecule has 2 aromatic rings. The quantitative estimate of drug-likeness (QED) is 0.921. The largest absolute Gasteiger partial charge is 0.351 e. The highest BCUT2D eigenvalue weighted by molar-refractivity contribution is 5.84. The molecule has 2 aliphatic heterocycles. The Hall–Kier alpha value is -2.20. The lowest BCUT2D eigenvalue weighted by Gasteiger charge is -2.26. The van der Waals surface area contributed by atoms with Crippen LogP contribution in [0.2, 0.25) is 0 Å². The summed E-state index contributed by atoms with van der Waals surface area (Å²) in [7, 11) is 0. The van der Waals surface area contributed by atoms with Crippen molar-refractivity contribution < 1.29 is 9.18 Å². The first kappa shape index (κ1) is 15.3. The van der Waals surface area contributed by atoms with Crippen LogP contribution >= 0.6 is 0 Å². The Morgan fingerprint density at radius 2 is 1.83 bits per heavy atom. The van der Waals surface area contributed by atoms with Gasteiger partial charge < -0.3 is 5.32 Å². The topological polar surface area (TPSA) is 32.3 Å². The van der Waals surface area contributed by atoms with Crippen LogP contribution in [0.25, 0.3) is 0 Å². The van der Waals surface area contributed by atoms with Gasteiger partial charge >= 0.3 is 0 Å². The highest BCUT2D eigenvalue weighted by Crippen LogP contribution is 2.37. The molecule has 1 N–H and O–H groups in total. The summed E-state index contributed by atoms with van der Waals surface area (Å²) >= 11 is 0. The molecule has 1 unspecified atom stereocenters. The van der Waals surface area contributed by atoms with Crippen LogP contribution in [0, 0.1) is 11.2 Å². The molecule has 1 saturated heterocycles. The fourth-order valence-electron chi connectivity index (χ4n) is 4.00. The number of rotatable bonds is 2. The molecule has 4 heteroatoms. The monoisotopic (exact) mass is 324 g/mol. The average Bonchev–Trinajstić information content (AvgIpc) is 2.93. The van der Waals surface area contributed by atoms with E-state index in [0.29, 0.717) is 25.2 Å². The van der Waals surface area contributed by atoms with Gasteiger partial charge in [0.15, 0.2) is 0 Å². The second-order valence-corrected chi connectivity index (χ2v) is 6.96. The van der Waals surface area contributed by atoms with Crippen molar-refractivity contribution in [3.8, 4) is 0 Å². The van der Waals surface area contributed by atoms with Crippen LogP contribution in [0.4, 0.5) is 4.39 Å². The Kier molecular flexibility index (Phi) is 3.85. The number of nitrogens with zero attached hydrogens (tertiary/aromatic N) is 1. The maximum absolute atomic E-state index is 13.9. The van der Waals surface area contributed by atoms with Crippen molar-refractivity contribution in [1.29, 1.82) is 0 Å². The highest BCUT2D eigenvalue weighted by Gasteiger charge is 2.45. The molecule has 0 radical (unpaired) electrons. The molecule has 2 aromatic carbocycles. The Morgan fingerprint density at radius 1 is 1.08 bits per heavy atom. The van der Waals surface area contributed by atoms with Crippen molar-refractivity contribution in [2.24, 2.45) is 5.41 Å². The molecule has 3 nitrogen and oxygen atoms in total. The van der Waals surface area contributed by atoms with Gasteiger partial charge in [0.05, 0.1) is 5.41 Å². The van der Waals surface area contributed by atoms with Crippen LogP contribution in [0.5, 0.6) is 0 Å². The van der Waals surface area contributed by atoms with Crippen molar-refractivity contribution in [2.75, 3.05) is 13.1 Å². The molecule has 0 bridgehead atoms. The number of benzene rings is 2. The first-order valence-corrected chi connectivity index (χ1v) is 8.47. The van der Waals surface area contributed by atoms with Crippen molar-refractivity contribution >= 4 is 5.91 Å². The number of hydrogen-bond donors (Lipinski definition) is 1. The second kappa shape index (κ2) is 6.02. The predicted molar refractivity (Wildman–Crippen MR) is 90.7 cm³/mol. The Labute approximate surface area is 141 Å². The number of fused-ring (bicyclic) bond motifs is 1. The van der Waals surface area contributed by atoms with E-state index < -0.39 is 5.41 Å². The van der Waals surface area contributed by atoms with Gasteiger partial charge in [0, 0.05) is 25.2 Å². The molecule has 124 valence electrons. The molecule has 1 spiro atoms. The molecular formula is C20H21FN2O. The summed E-state index contributed by atoms with van der Waals surface area (Å²) in [5.74, 6) is -0.0381. The van der Waals surface area contributed by atoms with E-state index in [-0.39, 0.29) is 11.7 Å². The van der Waals surface area contributed by atoms with Crippen LogP contribution in [0.1, 0.15) is 23.1 Å². The molecule has 0 aliphatic carbocycles. The van der Waals surface area contributed by atoms with Gasteiger partial charge in [0.25, 0.3) is 0 Å². The van der Waals surface area contributed by atoms with Crippen LogP contribution in [-0.4, -0.2) is 23.9 Å². The molecule has 1 amide bonds. The number of carbonyl (C=O) groups is 1. The lowest BCUT2D eigenvalue weighted by molar-refractivity contribution is -0.130. The maximum atomic E-state index is 13.9. The maximum Gasteiger partial charge on any atom is 0.228 e. The van der Waals surface area contributed by atoms with Crippen molar-refractivity contribution in [1.82, 2.24) is 10.2 Å². The van der Waals surface area contributed by atoms with Gasteiger partial charge in [-0.05, 0) is 36.6 Å². The van der Waals surface area contributed by atoms with E-state index in [1.54, 1.807) is 6.07 Å². The van der Waals surface area contributed by atoms with E-state index in [4.69, 9.17) is 0 Å². The van der Waals surface area contributed by atoms with Crippen LogP contribution in [0.15, 0.2) is 48.5 Å². The zero-order valence-electron chi connectivity index (χ0n) is 13.6. The van der Waals surface area contributed by atoms with Crippen molar-refractivity contribution in [2.45, 2.75) is 25.9 Å². The van der Waals surface area contributed by atoms with Gasteiger partial charge in [-0.25, -0.2) is 4.39 Å². The fourth-order valence-corrected chi connectivity index (χ4v) is 4.00. The van der Waals surface area contributed by atoms with Gasteiger partial charge in [-0.3, -0.25) is 9.69 Å². The molecular weight excluding hydrogens is 303 g/mol. The molecule has 1 fully saturated rings. The van der Waals surface area contributed by atoms with E-state index in [1.807, 2.05) is 24.3 Å². The summed E-state index contributed by atoms with van der Waals surface area (Å²) in [5.41, 5.74) is 2.76. The smallest absolute Gasteiger partial charge is 0.228 e. The molecule has 24 heavy (non-hydrogen) atoms. The minimum Gasteiger partial charge on any atom is -0.351 e. The lowest BCUT2D eigenvalue weighted by atomic mass is 9.80. The number of nitrogens with one attached hydrogen (secondary N) is 1. The zero-order valence-corrected chi connectivity index (χ0v) is 13.6. The Bertz CT molecular complexity index is 776. The van der Waals surface area contributed by atoms with Gasteiger partial charge in [0.1, 0.15) is 5.82 Å². The number of carbonyl (C=O) groups excluding carboxylic acids is 1. The standard InChI is InChI=1S/C20H21FN2O/c21-18-8-4-3-7-17(18)13-23-10-9-20(14-23)11-15-5-1-2-6-16(15)12-22-19(20)24/h1-8H,9-14H2,(H,22,24). The molecule has 2 aliphatic rings. The van der Waals surface area contributed by atoms with Crippen molar-refractivity contribution in [3.63, 3.8) is 0 Å². The lowest BCUT2D eigenvalue weighted by Crippen LogP contribution is -2.42. The van der Waals surface area contributed by atoms with E-state index in [0.717, 1.165) is 19.4 Å². The van der Waals surface area contributed by atoms with Gasteiger partial charge in [-0.2, -0.15) is 0 Å². The summed E-state index contributed by atoms with van der Waals surface area (Å²) in [4.78, 5) is 15.0. The number of halogens is 1. The van der Waals surface area contributed by atoms with Crippen LogP contribution in [0.3, 0.4) is 0 Å². The highest BCUT2D eigenvalue weighted by atomic mass is 19.1. The van der Waals surface area contributed by atoms with E-state index in [2.05, 4.69) is 22.3 Å². The summed E-state index contributed by atoms with van der Waals surface area (Å²) in [6.07, 6.45) is 1.59. The minimum absolute atomic E-state index is 0.134. The molecule has 0 aromatic heterocycles. The Morgan fingerprint density at radius 3 is 2.67 bits per heavy atom. The van der Waals surface area contributed by atoms with E-state index in [9.17, 15) is 9.18 Å². The molecule has 2 heterocycles. The predicted octanol–water partition coefficient (Wildman–Crippen LogP) is 2.89. The first-order valence-electron chi connectivity index (χ1n) is 8.47. The second-order valence-electron chi connectivity index (χ2n) is 6.96. The third-order valence-corrected chi connectivity index (χ3v) is 5.35. The normalized spacial score (nSPS) is 23.8.